The van der Waals surface area contributed by atoms with Gasteiger partial charge in [0.05, 0.1) is 20.8 Å². The monoisotopic (exact) mass is 376 g/mol. The number of hydrogen-bond acceptors (Lipinski definition) is 3. The van der Waals surface area contributed by atoms with Crippen LogP contribution in [0.25, 0.3) is 5.69 Å². The Morgan fingerprint density at radius 3 is 2.36 bits per heavy atom. The first kappa shape index (κ1) is 18.2. The molecule has 0 aliphatic heterocycles. The smallest absolute Gasteiger partial charge is 0.254 e. The van der Waals surface area contributed by atoms with Gasteiger partial charge in [0.25, 0.3) is 5.91 Å². The van der Waals surface area contributed by atoms with Crippen molar-refractivity contribution in [2.24, 2.45) is 0 Å². The van der Waals surface area contributed by atoms with Crippen molar-refractivity contribution in [2.75, 3.05) is 14.2 Å². The van der Waals surface area contributed by atoms with Crippen LogP contribution in [0.4, 0.5) is 0 Å². The molecule has 0 N–H and O–H groups in total. The lowest BCUT2D eigenvalue weighted by atomic mass is 10.1. The molecule has 1 heterocycles. The van der Waals surface area contributed by atoms with Crippen molar-refractivity contribution in [3.63, 3.8) is 0 Å². The normalized spacial score (nSPS) is 13.2. The quantitative estimate of drug-likeness (QED) is 0.618. The van der Waals surface area contributed by atoms with E-state index in [1.807, 2.05) is 76.5 Å². The van der Waals surface area contributed by atoms with Gasteiger partial charge in [0.1, 0.15) is 11.5 Å². The molecule has 2 aromatic carbocycles. The number of ether oxygens (including phenoxy) is 2. The third-order valence-corrected chi connectivity index (χ3v) is 5.09. The van der Waals surface area contributed by atoms with E-state index in [1.165, 1.54) is 0 Å². The molecule has 0 bridgehead atoms. The summed E-state index contributed by atoms with van der Waals surface area (Å²) in [5, 5.41) is 0. The lowest BCUT2D eigenvalue weighted by molar-refractivity contribution is 0.0728. The predicted molar refractivity (Wildman–Crippen MR) is 108 cm³/mol. The Morgan fingerprint density at radius 2 is 1.75 bits per heavy atom. The fraction of sp³-hybridized carbons (Fsp3) is 0.261. The number of benzene rings is 2. The average molecular weight is 376 g/mol. The molecule has 1 fully saturated rings. The summed E-state index contributed by atoms with van der Waals surface area (Å²) < 4.78 is 12.9. The number of nitrogens with zero attached hydrogens (tertiary/aromatic N) is 2. The van der Waals surface area contributed by atoms with Gasteiger partial charge in [-0.25, -0.2) is 0 Å². The van der Waals surface area contributed by atoms with E-state index in [0.29, 0.717) is 12.1 Å². The molecule has 28 heavy (non-hydrogen) atoms. The van der Waals surface area contributed by atoms with Crippen molar-refractivity contribution < 1.29 is 14.3 Å². The van der Waals surface area contributed by atoms with Gasteiger partial charge in [0, 0.05) is 35.2 Å². The summed E-state index contributed by atoms with van der Waals surface area (Å²) in [6.07, 6.45) is 6.06. The Hall–Kier alpha value is -3.21. The van der Waals surface area contributed by atoms with Crippen molar-refractivity contribution in [1.82, 2.24) is 9.47 Å². The Kier molecular flexibility index (Phi) is 5.06. The molecular weight excluding hydrogens is 352 g/mol. The zero-order chi connectivity index (χ0) is 19.5. The molecule has 5 heteroatoms. The van der Waals surface area contributed by atoms with Gasteiger partial charge in [0.15, 0.2) is 0 Å². The van der Waals surface area contributed by atoms with Crippen LogP contribution in [0.1, 0.15) is 28.8 Å². The molecular formula is C23H24N2O3. The molecule has 0 spiro atoms. The Labute approximate surface area is 165 Å². The second-order valence-corrected chi connectivity index (χ2v) is 6.98. The second kappa shape index (κ2) is 7.80. The first-order valence-electron chi connectivity index (χ1n) is 9.45. The average Bonchev–Trinajstić information content (AvgIpc) is 3.44. The first-order valence-corrected chi connectivity index (χ1v) is 9.45. The molecule has 1 amide bonds. The Bertz CT molecular complexity index is 944. The van der Waals surface area contributed by atoms with Crippen LogP contribution in [0.5, 0.6) is 11.5 Å². The van der Waals surface area contributed by atoms with Gasteiger partial charge in [-0.2, -0.15) is 0 Å². The molecule has 144 valence electrons. The van der Waals surface area contributed by atoms with Crippen LogP contribution < -0.4 is 9.47 Å². The van der Waals surface area contributed by atoms with Gasteiger partial charge in [-0.1, -0.05) is 0 Å². The molecule has 5 nitrogen and oxygen atoms in total. The first-order chi connectivity index (χ1) is 13.7. The number of aromatic nitrogens is 1. The summed E-state index contributed by atoms with van der Waals surface area (Å²) in [7, 11) is 3.29. The Morgan fingerprint density at radius 1 is 1.04 bits per heavy atom. The van der Waals surface area contributed by atoms with Gasteiger partial charge in [-0.05, 0) is 67.4 Å². The van der Waals surface area contributed by atoms with Gasteiger partial charge < -0.3 is 18.9 Å². The van der Waals surface area contributed by atoms with Crippen LogP contribution in [0.3, 0.4) is 0 Å². The largest absolute Gasteiger partial charge is 0.497 e. The molecule has 4 rings (SSSR count). The molecule has 0 unspecified atom stereocenters. The third kappa shape index (κ3) is 3.74. The highest BCUT2D eigenvalue weighted by atomic mass is 16.5. The fourth-order valence-corrected chi connectivity index (χ4v) is 3.39. The van der Waals surface area contributed by atoms with E-state index < -0.39 is 0 Å². The number of amides is 1. The number of carbonyl (C=O) groups excluding carboxylic acids is 1. The third-order valence-electron chi connectivity index (χ3n) is 5.09. The van der Waals surface area contributed by atoms with Crippen LogP contribution >= 0.6 is 0 Å². The zero-order valence-electron chi connectivity index (χ0n) is 16.2. The van der Waals surface area contributed by atoms with E-state index in [-0.39, 0.29) is 11.9 Å². The van der Waals surface area contributed by atoms with E-state index in [0.717, 1.165) is 35.6 Å². The number of rotatable bonds is 7. The lowest BCUT2D eigenvalue weighted by Crippen LogP contribution is -2.32. The maximum Gasteiger partial charge on any atom is 0.254 e. The number of methoxy groups -OCH3 is 2. The zero-order valence-corrected chi connectivity index (χ0v) is 16.2. The van der Waals surface area contributed by atoms with E-state index in [9.17, 15) is 4.79 Å². The fourth-order valence-electron chi connectivity index (χ4n) is 3.39. The summed E-state index contributed by atoms with van der Waals surface area (Å²) in [5.74, 6) is 1.57. The lowest BCUT2D eigenvalue weighted by Gasteiger charge is -2.24. The van der Waals surface area contributed by atoms with Crippen LogP contribution in [-0.2, 0) is 6.54 Å². The number of carbonyl (C=O) groups is 1. The maximum atomic E-state index is 13.2. The highest BCUT2D eigenvalue weighted by Crippen LogP contribution is 2.33. The van der Waals surface area contributed by atoms with Gasteiger partial charge >= 0.3 is 0 Å². The summed E-state index contributed by atoms with van der Waals surface area (Å²) >= 11 is 0. The summed E-state index contributed by atoms with van der Waals surface area (Å²) in [6.45, 7) is 0.503. The van der Waals surface area contributed by atoms with Crippen molar-refractivity contribution in [3.05, 3.63) is 78.1 Å². The van der Waals surface area contributed by atoms with Crippen molar-refractivity contribution in [3.8, 4) is 17.2 Å². The van der Waals surface area contributed by atoms with Gasteiger partial charge in [-0.3, -0.25) is 4.79 Å². The van der Waals surface area contributed by atoms with Gasteiger partial charge in [-0.15, -0.1) is 0 Å². The molecule has 1 aromatic heterocycles. The van der Waals surface area contributed by atoms with E-state index in [4.69, 9.17) is 9.47 Å². The highest BCUT2D eigenvalue weighted by molar-refractivity contribution is 5.94. The Balaban J connectivity index is 1.57. The van der Waals surface area contributed by atoms with E-state index in [2.05, 4.69) is 0 Å². The predicted octanol–water partition coefficient (Wildman–Crippen LogP) is 4.30. The minimum Gasteiger partial charge on any atom is -0.497 e. The van der Waals surface area contributed by atoms with E-state index >= 15 is 0 Å². The minimum atomic E-state index is 0.0476. The van der Waals surface area contributed by atoms with Gasteiger partial charge in [0.2, 0.25) is 0 Å². The highest BCUT2D eigenvalue weighted by Gasteiger charge is 2.33. The summed E-state index contributed by atoms with van der Waals surface area (Å²) in [5.41, 5.74) is 2.68. The van der Waals surface area contributed by atoms with Crippen LogP contribution in [-0.4, -0.2) is 35.6 Å². The summed E-state index contributed by atoms with van der Waals surface area (Å²) in [4.78, 5) is 15.2. The maximum absolute atomic E-state index is 13.2. The van der Waals surface area contributed by atoms with Crippen molar-refractivity contribution >= 4 is 5.91 Å². The van der Waals surface area contributed by atoms with Crippen LogP contribution in [0.2, 0.25) is 0 Å². The molecule has 3 aromatic rings. The molecule has 1 saturated carbocycles. The topological polar surface area (TPSA) is 43.7 Å². The standard InChI is InChI=1S/C23H24N2O3/c1-27-21-11-12-22(28-2)18(15-21)16-25(20-9-10-20)23(26)17-5-7-19(8-6-17)24-13-3-4-14-24/h3-8,11-15,20H,9-10,16H2,1-2H3. The van der Waals surface area contributed by atoms with E-state index in [1.54, 1.807) is 14.2 Å². The summed E-state index contributed by atoms with van der Waals surface area (Å²) in [6, 6.07) is 17.7. The number of hydrogen-bond donors (Lipinski definition) is 0. The molecule has 1 aliphatic carbocycles. The van der Waals surface area contributed by atoms with Crippen molar-refractivity contribution in [1.29, 1.82) is 0 Å². The van der Waals surface area contributed by atoms with Crippen molar-refractivity contribution in [2.45, 2.75) is 25.4 Å². The SMILES string of the molecule is COc1ccc(OC)c(CN(C(=O)c2ccc(-n3cccc3)cc2)C2CC2)c1. The molecule has 0 saturated heterocycles. The molecule has 1 aliphatic rings. The van der Waals surface area contributed by atoms with Crippen LogP contribution in [0, 0.1) is 0 Å². The second-order valence-electron chi connectivity index (χ2n) is 6.98. The molecule has 0 radical (unpaired) electrons. The minimum absolute atomic E-state index is 0.0476. The molecule has 0 atom stereocenters. The van der Waals surface area contributed by atoms with Crippen LogP contribution in [0.15, 0.2) is 67.0 Å².